The highest BCUT2D eigenvalue weighted by molar-refractivity contribution is 5.87. The van der Waals surface area contributed by atoms with Crippen LogP contribution >= 0.6 is 0 Å². The van der Waals surface area contributed by atoms with Crippen molar-refractivity contribution < 1.29 is 14.3 Å². The zero-order chi connectivity index (χ0) is 13.4. The predicted molar refractivity (Wildman–Crippen MR) is 69.9 cm³/mol. The van der Waals surface area contributed by atoms with Gasteiger partial charge in [-0.15, -0.1) is 0 Å². The number of aliphatic hydroxyl groups is 1. The zero-order valence-electron chi connectivity index (χ0n) is 10.7. The average Bonchev–Trinajstić information content (AvgIpc) is 2.91. The summed E-state index contributed by atoms with van der Waals surface area (Å²) in [5.41, 5.74) is 1.09. The Labute approximate surface area is 107 Å². The third kappa shape index (κ3) is 4.59. The average molecular weight is 249 g/mol. The molecule has 0 bridgehead atoms. The maximum absolute atomic E-state index is 11.5. The lowest BCUT2D eigenvalue weighted by atomic mass is 10.2. The molecule has 1 amide bonds. The van der Waals surface area contributed by atoms with Crippen molar-refractivity contribution in [3.05, 3.63) is 48.0 Å². The van der Waals surface area contributed by atoms with Crippen molar-refractivity contribution in [3.8, 4) is 0 Å². The van der Waals surface area contributed by atoms with Crippen molar-refractivity contribution in [1.29, 1.82) is 0 Å². The highest BCUT2D eigenvalue weighted by atomic mass is 16.4. The number of rotatable bonds is 6. The van der Waals surface area contributed by atoms with E-state index in [1.54, 1.807) is 18.2 Å². The van der Waals surface area contributed by atoms with Crippen LogP contribution in [0.3, 0.4) is 0 Å². The molecule has 18 heavy (non-hydrogen) atoms. The number of allylic oxidation sites excluding steroid dienone is 3. The molecule has 0 radical (unpaired) electrons. The molecule has 0 spiro atoms. The Hall–Kier alpha value is -1.81. The Balaban J connectivity index is 2.38. The Kier molecular flexibility index (Phi) is 5.94. The number of carbonyl (C=O) groups is 1. The van der Waals surface area contributed by atoms with E-state index in [2.05, 4.69) is 5.32 Å². The van der Waals surface area contributed by atoms with Crippen LogP contribution in [-0.2, 0) is 4.79 Å². The molecule has 1 aromatic heterocycles. The van der Waals surface area contributed by atoms with Crippen molar-refractivity contribution >= 4 is 5.91 Å². The molecule has 0 saturated heterocycles. The molecule has 0 aliphatic heterocycles. The van der Waals surface area contributed by atoms with Crippen molar-refractivity contribution in [2.24, 2.45) is 0 Å². The molecule has 1 unspecified atom stereocenters. The first-order valence-electron chi connectivity index (χ1n) is 6.00. The first-order chi connectivity index (χ1) is 8.67. The van der Waals surface area contributed by atoms with Gasteiger partial charge in [0.25, 0.3) is 0 Å². The van der Waals surface area contributed by atoms with Crippen molar-refractivity contribution in [2.45, 2.75) is 26.4 Å². The summed E-state index contributed by atoms with van der Waals surface area (Å²) in [6, 6.07) is 3.36. The summed E-state index contributed by atoms with van der Waals surface area (Å²) in [6.07, 6.45) is 6.75. The van der Waals surface area contributed by atoms with Gasteiger partial charge in [-0.05, 0) is 25.5 Å². The number of hydrogen-bond acceptors (Lipinski definition) is 3. The molecule has 0 aliphatic carbocycles. The van der Waals surface area contributed by atoms with E-state index in [0.29, 0.717) is 5.76 Å². The highest BCUT2D eigenvalue weighted by Gasteiger charge is 2.10. The minimum atomic E-state index is -0.815. The lowest BCUT2D eigenvalue weighted by Crippen LogP contribution is -2.26. The summed E-state index contributed by atoms with van der Waals surface area (Å²) in [6.45, 7) is 4.09. The van der Waals surface area contributed by atoms with Gasteiger partial charge < -0.3 is 14.8 Å². The third-order valence-corrected chi connectivity index (χ3v) is 2.57. The summed E-state index contributed by atoms with van der Waals surface area (Å²) in [5.74, 6) is 0.218. The monoisotopic (exact) mass is 249 g/mol. The van der Waals surface area contributed by atoms with Gasteiger partial charge >= 0.3 is 0 Å². The van der Waals surface area contributed by atoms with Gasteiger partial charge in [0.15, 0.2) is 0 Å². The summed E-state index contributed by atoms with van der Waals surface area (Å²) >= 11 is 0. The van der Waals surface area contributed by atoms with Gasteiger partial charge in [0.2, 0.25) is 5.91 Å². The standard InChI is InChI=1S/C14H19NO3/c1-3-11(4-2)7-8-14(17)15-10-12(16)13-6-5-9-18-13/h3,5-9,12,16H,4,10H2,1-2H3,(H,15,17). The van der Waals surface area contributed by atoms with Gasteiger partial charge in [-0.1, -0.05) is 24.6 Å². The fraction of sp³-hybridized carbons (Fsp3) is 0.357. The number of furan rings is 1. The van der Waals surface area contributed by atoms with Gasteiger partial charge in [0.05, 0.1) is 12.8 Å². The van der Waals surface area contributed by atoms with Crippen molar-refractivity contribution in [1.82, 2.24) is 5.32 Å². The second kappa shape index (κ2) is 7.50. The van der Waals surface area contributed by atoms with Crippen LogP contribution in [0, 0.1) is 0 Å². The largest absolute Gasteiger partial charge is 0.467 e. The molecule has 0 aromatic carbocycles. The van der Waals surface area contributed by atoms with Crippen LogP contribution in [0.4, 0.5) is 0 Å². The van der Waals surface area contributed by atoms with E-state index < -0.39 is 6.10 Å². The predicted octanol–water partition coefficient (Wildman–Crippen LogP) is 2.34. The summed E-state index contributed by atoms with van der Waals surface area (Å²) in [4.78, 5) is 11.5. The first kappa shape index (κ1) is 14.3. The van der Waals surface area contributed by atoms with Gasteiger partial charge in [0, 0.05) is 6.08 Å². The fourth-order valence-electron chi connectivity index (χ4n) is 1.44. The van der Waals surface area contributed by atoms with Crippen LogP contribution in [0.25, 0.3) is 0 Å². The van der Waals surface area contributed by atoms with Crippen LogP contribution in [-0.4, -0.2) is 17.6 Å². The van der Waals surface area contributed by atoms with Gasteiger partial charge in [-0.2, -0.15) is 0 Å². The van der Waals surface area contributed by atoms with E-state index in [0.717, 1.165) is 12.0 Å². The molecule has 1 rings (SSSR count). The second-order valence-corrected chi connectivity index (χ2v) is 3.83. The summed E-state index contributed by atoms with van der Waals surface area (Å²) in [5, 5.41) is 12.3. The first-order valence-corrected chi connectivity index (χ1v) is 6.00. The van der Waals surface area contributed by atoms with Crippen LogP contribution in [0.2, 0.25) is 0 Å². The Morgan fingerprint density at radius 2 is 2.33 bits per heavy atom. The Morgan fingerprint density at radius 3 is 2.89 bits per heavy atom. The van der Waals surface area contributed by atoms with Crippen molar-refractivity contribution in [2.75, 3.05) is 6.54 Å². The molecule has 1 heterocycles. The van der Waals surface area contributed by atoms with E-state index in [1.807, 2.05) is 19.9 Å². The fourth-order valence-corrected chi connectivity index (χ4v) is 1.44. The second-order valence-electron chi connectivity index (χ2n) is 3.83. The van der Waals surface area contributed by atoms with Crippen LogP contribution in [0.15, 0.2) is 46.6 Å². The highest BCUT2D eigenvalue weighted by Crippen LogP contribution is 2.11. The van der Waals surface area contributed by atoms with Crippen LogP contribution < -0.4 is 5.32 Å². The Morgan fingerprint density at radius 1 is 1.56 bits per heavy atom. The minimum Gasteiger partial charge on any atom is -0.467 e. The molecule has 0 fully saturated rings. The molecular formula is C14H19NO3. The van der Waals surface area contributed by atoms with E-state index in [4.69, 9.17) is 4.42 Å². The van der Waals surface area contributed by atoms with Crippen molar-refractivity contribution in [3.63, 3.8) is 0 Å². The number of hydrogen-bond donors (Lipinski definition) is 2. The SMILES string of the molecule is CC=C(C=CC(=O)NCC(O)c1ccco1)CC. The molecule has 4 nitrogen and oxygen atoms in total. The summed E-state index contributed by atoms with van der Waals surface area (Å²) < 4.78 is 5.03. The van der Waals surface area contributed by atoms with E-state index in [9.17, 15) is 9.90 Å². The minimum absolute atomic E-state index is 0.133. The molecule has 0 saturated carbocycles. The smallest absolute Gasteiger partial charge is 0.244 e. The van der Waals surface area contributed by atoms with Crippen LogP contribution in [0.5, 0.6) is 0 Å². The maximum atomic E-state index is 11.5. The lowest BCUT2D eigenvalue weighted by molar-refractivity contribution is -0.117. The zero-order valence-corrected chi connectivity index (χ0v) is 10.7. The molecule has 98 valence electrons. The molecule has 2 N–H and O–H groups in total. The molecular weight excluding hydrogens is 230 g/mol. The van der Waals surface area contributed by atoms with Gasteiger partial charge in [-0.3, -0.25) is 4.79 Å². The van der Waals surface area contributed by atoms with Gasteiger partial charge in [-0.25, -0.2) is 0 Å². The van der Waals surface area contributed by atoms with E-state index in [1.165, 1.54) is 12.3 Å². The third-order valence-electron chi connectivity index (χ3n) is 2.57. The summed E-state index contributed by atoms with van der Waals surface area (Å²) in [7, 11) is 0. The molecule has 1 aromatic rings. The molecule has 0 aliphatic rings. The number of nitrogens with one attached hydrogen (secondary N) is 1. The number of carbonyl (C=O) groups excluding carboxylic acids is 1. The van der Waals surface area contributed by atoms with Crippen LogP contribution in [0.1, 0.15) is 32.1 Å². The molecule has 1 atom stereocenters. The van der Waals surface area contributed by atoms with Gasteiger partial charge in [0.1, 0.15) is 11.9 Å². The lowest BCUT2D eigenvalue weighted by Gasteiger charge is -2.07. The maximum Gasteiger partial charge on any atom is 0.244 e. The Bertz CT molecular complexity index is 418. The normalized spacial score (nSPS) is 13.8. The van der Waals surface area contributed by atoms with E-state index in [-0.39, 0.29) is 12.5 Å². The topological polar surface area (TPSA) is 62.5 Å². The molecule has 4 heteroatoms. The number of amides is 1. The van der Waals surface area contributed by atoms with E-state index >= 15 is 0 Å². The number of aliphatic hydroxyl groups excluding tert-OH is 1. The quantitative estimate of drug-likeness (QED) is 0.601.